The van der Waals surface area contributed by atoms with E-state index in [1.54, 1.807) is 0 Å². The van der Waals surface area contributed by atoms with Gasteiger partial charge in [0.25, 0.3) is 0 Å². The third-order valence-electron chi connectivity index (χ3n) is 2.65. The molecule has 110 valence electrons. The number of likely N-dealkylation sites (N-methyl/N-ethyl adjacent to an activating group) is 1. The minimum atomic E-state index is -4.94. The fourth-order valence-electron chi connectivity index (χ4n) is 1.64. The van der Waals surface area contributed by atoms with Crippen LogP contribution in [0, 0.1) is 0 Å². The molecule has 0 saturated carbocycles. The van der Waals surface area contributed by atoms with Crippen molar-refractivity contribution in [3.05, 3.63) is 35.5 Å². The molecule has 0 aliphatic heterocycles. The van der Waals surface area contributed by atoms with Gasteiger partial charge in [0.1, 0.15) is 1.41 Å². The summed E-state index contributed by atoms with van der Waals surface area (Å²) in [6.45, 7) is -2.39. The Balaban J connectivity index is 2.77. The van der Waals surface area contributed by atoms with Crippen molar-refractivity contribution >= 4 is 20.9 Å². The zero-order valence-electron chi connectivity index (χ0n) is 21.1. The van der Waals surface area contributed by atoms with Crippen LogP contribution < -0.4 is 4.72 Å². The summed E-state index contributed by atoms with van der Waals surface area (Å²) in [5.74, 6) is 0. The monoisotopic (exact) mass is 305 g/mol. The Hall–Kier alpha value is -1.37. The lowest BCUT2D eigenvalue weighted by atomic mass is 10.1. The number of rotatable bonds is 6. The predicted octanol–water partition coefficient (Wildman–Crippen LogP) is 1.32. The lowest BCUT2D eigenvalue weighted by molar-refractivity contribution is 0.414. The van der Waals surface area contributed by atoms with Gasteiger partial charge in [-0.2, -0.15) is 0 Å². The molecule has 0 aliphatic carbocycles. The maximum absolute atomic E-state index is 12.3. The fraction of sp³-hybridized carbons (Fsp3) is 0.429. The van der Waals surface area contributed by atoms with Crippen molar-refractivity contribution in [2.24, 2.45) is 0 Å². The molecule has 0 aliphatic rings. The lowest BCUT2D eigenvalue weighted by Gasteiger charge is -2.08. The molecule has 0 radical (unpaired) electrons. The Bertz CT molecular complexity index is 1080. The summed E-state index contributed by atoms with van der Waals surface area (Å²) < 4.78 is 103. The molecule has 0 spiro atoms. The van der Waals surface area contributed by atoms with E-state index in [0.29, 0.717) is 0 Å². The quantitative estimate of drug-likeness (QED) is 0.846. The number of H-pyrrole nitrogens is 1. The van der Waals surface area contributed by atoms with E-state index < -0.39 is 46.4 Å². The number of aromatic amines is 1. The fourth-order valence-corrected chi connectivity index (χ4v) is 2.09. The normalized spacial score (nSPS) is 21.2. The van der Waals surface area contributed by atoms with Gasteiger partial charge in [0.2, 0.25) is 10.0 Å². The van der Waals surface area contributed by atoms with Gasteiger partial charge < -0.3 is 9.88 Å². The van der Waals surface area contributed by atoms with E-state index in [1.165, 1.54) is 13.2 Å². The summed E-state index contributed by atoms with van der Waals surface area (Å²) in [6, 6.07) is -2.22. The van der Waals surface area contributed by atoms with Gasteiger partial charge >= 0.3 is 0 Å². The molecular formula is C14H21N3O2S. The zero-order valence-corrected chi connectivity index (χ0v) is 11.9. The molecule has 1 aromatic carbocycles. The van der Waals surface area contributed by atoms with Crippen LogP contribution in [0.3, 0.4) is 0 Å². The van der Waals surface area contributed by atoms with Crippen molar-refractivity contribution in [1.82, 2.24) is 14.6 Å². The van der Waals surface area contributed by atoms with Gasteiger partial charge in [0.05, 0.1) is 9.82 Å². The topological polar surface area (TPSA) is 65.2 Å². The van der Waals surface area contributed by atoms with Gasteiger partial charge in [-0.1, -0.05) is 6.04 Å². The highest BCUT2D eigenvalue weighted by Crippen LogP contribution is 2.21. The Labute approximate surface area is 134 Å². The molecule has 0 fully saturated rings. The predicted molar refractivity (Wildman–Crippen MR) is 82.2 cm³/mol. The SMILES string of the molecule is [2H]c1c(C([2H])([2H])S(=O)(=O)N([2H])C)c([2H])c2c(CCN(C)C([2H])([2H])[2H])cn([2H])c2c1[2H]. The highest BCUT2D eigenvalue weighted by Gasteiger charge is 2.11. The second-order valence-electron chi connectivity index (χ2n) is 4.19. The largest absolute Gasteiger partial charge is 0.361 e. The number of hydrogen-bond acceptors (Lipinski definition) is 3. The third-order valence-corrected chi connectivity index (χ3v) is 3.59. The molecule has 0 unspecified atom stereocenters. The summed E-state index contributed by atoms with van der Waals surface area (Å²) in [7, 11) is -2.79. The van der Waals surface area contributed by atoms with Crippen LogP contribution in [-0.2, 0) is 22.1 Å². The molecule has 2 aromatic rings. The first-order valence-electron chi connectivity index (χ1n) is 10.7. The molecule has 1 aromatic heterocycles. The molecule has 1 heterocycles. The highest BCUT2D eigenvalue weighted by atomic mass is 32.2. The highest BCUT2D eigenvalue weighted by molar-refractivity contribution is 7.88. The number of sulfonamides is 1. The van der Waals surface area contributed by atoms with Crippen molar-refractivity contribution in [3.8, 4) is 0 Å². The van der Waals surface area contributed by atoms with Crippen molar-refractivity contribution < 1.29 is 22.2 Å². The van der Waals surface area contributed by atoms with Crippen molar-refractivity contribution in [2.45, 2.75) is 12.1 Å². The first kappa shape index (κ1) is 6.60. The van der Waals surface area contributed by atoms with Gasteiger partial charge in [-0.05, 0) is 50.7 Å². The van der Waals surface area contributed by atoms with Gasteiger partial charge in [0, 0.05) is 30.5 Å². The minimum Gasteiger partial charge on any atom is -0.361 e. The summed E-state index contributed by atoms with van der Waals surface area (Å²) in [6.07, 6.45) is 1.24. The van der Waals surface area contributed by atoms with Gasteiger partial charge in [-0.25, -0.2) is 13.1 Å². The molecule has 20 heavy (non-hydrogen) atoms. The smallest absolute Gasteiger partial charge is 0.215 e. The summed E-state index contributed by atoms with van der Waals surface area (Å²) in [5.41, 5.74) is -4.20. The van der Waals surface area contributed by atoms with E-state index in [0.717, 1.165) is 16.9 Å². The Morgan fingerprint density at radius 2 is 2.45 bits per heavy atom. The molecular weight excluding hydrogens is 274 g/mol. The van der Waals surface area contributed by atoms with Crippen LogP contribution >= 0.6 is 0 Å². The number of fused-ring (bicyclic) bond motifs is 1. The Morgan fingerprint density at radius 1 is 1.65 bits per heavy atom. The third kappa shape index (κ3) is 3.59. The van der Waals surface area contributed by atoms with Crippen LogP contribution in [0.1, 0.15) is 22.1 Å². The first-order chi connectivity index (χ1) is 13.5. The first-order valence-corrected chi connectivity index (χ1v) is 7.22. The average Bonchev–Trinajstić information content (AvgIpc) is 2.93. The minimum absolute atomic E-state index is 0.0129. The van der Waals surface area contributed by atoms with E-state index in [1.807, 2.05) is 0 Å². The average molecular weight is 305 g/mol. The van der Waals surface area contributed by atoms with Crippen LogP contribution in [0.5, 0.6) is 0 Å². The molecule has 5 nitrogen and oxygen atoms in total. The molecule has 6 heteroatoms. The van der Waals surface area contributed by atoms with Gasteiger partial charge in [0.15, 0.2) is 1.41 Å². The number of aromatic nitrogens is 1. The number of hydrogen-bond donors (Lipinski definition) is 2. The molecule has 2 N–H and O–H groups in total. The Morgan fingerprint density at radius 3 is 3.15 bits per heavy atom. The maximum Gasteiger partial charge on any atom is 0.215 e. The van der Waals surface area contributed by atoms with E-state index in [9.17, 15) is 8.42 Å². The van der Waals surface area contributed by atoms with Crippen molar-refractivity contribution in [2.75, 3.05) is 27.6 Å². The van der Waals surface area contributed by atoms with Crippen LogP contribution in [0.15, 0.2) is 24.3 Å². The van der Waals surface area contributed by atoms with Crippen LogP contribution in [-0.4, -0.2) is 45.9 Å². The summed E-state index contributed by atoms with van der Waals surface area (Å²) in [5, 5.41) is -0.105. The van der Waals surface area contributed by atoms with Crippen molar-refractivity contribution in [1.29, 1.82) is 0 Å². The van der Waals surface area contributed by atoms with Crippen LogP contribution in [0.4, 0.5) is 0 Å². The molecule has 2 rings (SSSR count). The molecule has 0 amide bonds. The Kier molecular flexibility index (Phi) is 1.96. The van der Waals surface area contributed by atoms with Crippen molar-refractivity contribution in [3.63, 3.8) is 0 Å². The summed E-state index contributed by atoms with van der Waals surface area (Å²) >= 11 is 0. The van der Waals surface area contributed by atoms with Gasteiger partial charge in [-0.15, -0.1) is 0 Å². The molecule has 0 saturated heterocycles. The van der Waals surface area contributed by atoms with Crippen LogP contribution in [0.25, 0.3) is 10.9 Å². The zero-order chi connectivity index (χ0) is 23.4. The summed E-state index contributed by atoms with van der Waals surface area (Å²) in [4.78, 5) is 1.78. The van der Waals surface area contributed by atoms with E-state index in [4.69, 9.17) is 13.8 Å². The van der Waals surface area contributed by atoms with Crippen LogP contribution in [0.2, 0.25) is 2.82 Å². The number of benzene rings is 1. The van der Waals surface area contributed by atoms with E-state index in [2.05, 4.69) is 0 Å². The molecule has 0 atom stereocenters. The van der Waals surface area contributed by atoms with E-state index >= 15 is 0 Å². The molecule has 0 bridgehead atoms. The standard InChI is InChI=1S/C14H21N3O2S/c1-15-20(18,19)10-11-4-5-14-13(8-11)12(9-16-14)6-7-17(2)3/h4-5,8-9,15-16H,6-7,10H2,1-3H3/i2D3,4D,5D,8D,10D2/hD2. The number of nitrogens with one attached hydrogen (secondary N) is 2. The number of nitrogens with zero attached hydrogens (tertiary/aromatic N) is 1. The maximum atomic E-state index is 12.3. The van der Waals surface area contributed by atoms with E-state index in [-0.39, 0.29) is 34.1 Å². The van der Waals surface area contributed by atoms with Gasteiger partial charge in [-0.3, -0.25) is 0 Å². The lowest BCUT2D eigenvalue weighted by Crippen LogP contribution is -2.20. The second-order valence-corrected chi connectivity index (χ2v) is 5.71. The second kappa shape index (κ2) is 5.95.